The topological polar surface area (TPSA) is 33.2 Å². The molecule has 0 saturated heterocycles. The van der Waals surface area contributed by atoms with Crippen LogP contribution in [0.4, 0.5) is 0 Å². The summed E-state index contributed by atoms with van der Waals surface area (Å²) in [6.45, 7) is 8.66. The van der Waals surface area contributed by atoms with Crippen LogP contribution in [-0.2, 0) is 13.0 Å². The lowest BCUT2D eigenvalue weighted by Crippen LogP contribution is -2.37. The summed E-state index contributed by atoms with van der Waals surface area (Å²) in [6, 6.07) is 19.6. The summed E-state index contributed by atoms with van der Waals surface area (Å²) in [7, 11) is 0. The number of benzene rings is 2. The third-order valence-electron chi connectivity index (χ3n) is 4.61. The molecule has 0 bridgehead atoms. The molecule has 0 saturated carbocycles. The summed E-state index contributed by atoms with van der Waals surface area (Å²) in [5, 5.41) is 0.979. The highest BCUT2D eigenvalue weighted by Crippen LogP contribution is 2.34. The molecule has 0 radical (unpaired) electrons. The van der Waals surface area contributed by atoms with Crippen molar-refractivity contribution in [2.75, 3.05) is 0 Å². The number of rotatable bonds is 8. The van der Waals surface area contributed by atoms with E-state index in [1.165, 1.54) is 4.88 Å². The van der Waals surface area contributed by atoms with E-state index in [0.717, 1.165) is 17.0 Å². The molecule has 1 amide bonds. The van der Waals surface area contributed by atoms with Crippen LogP contribution in [0.3, 0.4) is 0 Å². The first-order chi connectivity index (χ1) is 13.6. The number of allylic oxidation sites excluding steroid dienone is 1. The first kappa shape index (κ1) is 20.0. The van der Waals surface area contributed by atoms with Gasteiger partial charge in [-0.25, -0.2) is 4.98 Å². The molecule has 1 unspecified atom stereocenters. The maximum Gasteiger partial charge on any atom is 0.254 e. The monoisotopic (exact) mass is 390 g/mol. The van der Waals surface area contributed by atoms with Gasteiger partial charge in [0, 0.05) is 29.6 Å². The number of hydrogen-bond acceptors (Lipinski definition) is 3. The van der Waals surface area contributed by atoms with E-state index in [4.69, 9.17) is 0 Å². The van der Waals surface area contributed by atoms with Crippen LogP contribution in [0.5, 0.6) is 0 Å². The molecule has 1 atom stereocenters. The highest BCUT2D eigenvalue weighted by Gasteiger charge is 2.31. The van der Waals surface area contributed by atoms with Crippen molar-refractivity contribution in [2.24, 2.45) is 5.92 Å². The molecular weight excluding hydrogens is 364 g/mol. The smallest absolute Gasteiger partial charge is 0.254 e. The molecule has 3 rings (SSSR count). The minimum atomic E-state index is -0.0866. The van der Waals surface area contributed by atoms with Gasteiger partial charge in [-0.1, -0.05) is 68.5 Å². The fraction of sp³-hybridized carbons (Fsp3) is 0.250. The highest BCUT2D eigenvalue weighted by atomic mass is 32.1. The molecule has 144 valence electrons. The molecule has 3 aromatic rings. The zero-order valence-electron chi connectivity index (χ0n) is 16.4. The molecule has 0 aliphatic heterocycles. The Balaban J connectivity index is 2.00. The summed E-state index contributed by atoms with van der Waals surface area (Å²) in [6.07, 6.45) is 4.59. The molecule has 0 spiro atoms. The summed E-state index contributed by atoms with van der Waals surface area (Å²) in [5.41, 5.74) is 1.81. The zero-order chi connectivity index (χ0) is 19.9. The number of hydrogen-bond donors (Lipinski definition) is 0. The van der Waals surface area contributed by atoms with Gasteiger partial charge in [-0.15, -0.1) is 17.9 Å². The van der Waals surface area contributed by atoms with Crippen molar-refractivity contribution in [2.45, 2.75) is 32.9 Å². The van der Waals surface area contributed by atoms with Crippen LogP contribution in [0.25, 0.3) is 0 Å². The number of nitrogens with zero attached hydrogens (tertiary/aromatic N) is 2. The van der Waals surface area contributed by atoms with Crippen LogP contribution in [-0.4, -0.2) is 15.8 Å². The Labute approximate surface area is 171 Å². The van der Waals surface area contributed by atoms with Crippen LogP contribution in [0, 0.1) is 5.92 Å². The van der Waals surface area contributed by atoms with E-state index in [9.17, 15) is 4.79 Å². The van der Waals surface area contributed by atoms with Gasteiger partial charge in [0.05, 0.1) is 6.04 Å². The van der Waals surface area contributed by atoms with Gasteiger partial charge in [0.1, 0.15) is 5.01 Å². The summed E-state index contributed by atoms with van der Waals surface area (Å²) in [4.78, 5) is 21.3. The quantitative estimate of drug-likeness (QED) is 0.448. The summed E-state index contributed by atoms with van der Waals surface area (Å²) in [5.74, 6) is 0.266. The van der Waals surface area contributed by atoms with Gasteiger partial charge in [-0.2, -0.15) is 0 Å². The van der Waals surface area contributed by atoms with E-state index in [2.05, 4.69) is 37.5 Å². The van der Waals surface area contributed by atoms with E-state index < -0.39 is 0 Å². The SMILES string of the molecule is C=CCc1cnc(C(C(C)C)N(Cc2ccccc2)C(=O)c2ccccc2)s1. The van der Waals surface area contributed by atoms with E-state index >= 15 is 0 Å². The lowest BCUT2D eigenvalue weighted by atomic mass is 10.0. The molecule has 0 fully saturated rings. The molecule has 3 nitrogen and oxygen atoms in total. The average molecular weight is 391 g/mol. The number of thiazole rings is 1. The van der Waals surface area contributed by atoms with Crippen molar-refractivity contribution in [3.8, 4) is 0 Å². The van der Waals surface area contributed by atoms with Gasteiger partial charge in [0.15, 0.2) is 0 Å². The Morgan fingerprint density at radius 2 is 1.75 bits per heavy atom. The highest BCUT2D eigenvalue weighted by molar-refractivity contribution is 7.11. The van der Waals surface area contributed by atoms with Gasteiger partial charge in [0.2, 0.25) is 0 Å². The van der Waals surface area contributed by atoms with Crippen LogP contribution in [0.15, 0.2) is 79.5 Å². The van der Waals surface area contributed by atoms with Gasteiger partial charge in [0.25, 0.3) is 5.91 Å². The molecule has 0 aliphatic carbocycles. The fourth-order valence-electron chi connectivity index (χ4n) is 3.30. The third-order valence-corrected chi connectivity index (χ3v) is 5.70. The lowest BCUT2D eigenvalue weighted by Gasteiger charge is -2.33. The van der Waals surface area contributed by atoms with E-state index in [-0.39, 0.29) is 17.9 Å². The van der Waals surface area contributed by atoms with Crippen LogP contribution in [0.1, 0.15) is 45.7 Å². The fourth-order valence-corrected chi connectivity index (χ4v) is 4.50. The molecule has 28 heavy (non-hydrogen) atoms. The maximum absolute atomic E-state index is 13.5. The van der Waals surface area contributed by atoms with Crippen molar-refractivity contribution in [3.63, 3.8) is 0 Å². The maximum atomic E-state index is 13.5. The number of carbonyl (C=O) groups is 1. The van der Waals surface area contributed by atoms with Crippen molar-refractivity contribution in [3.05, 3.63) is 101 Å². The van der Waals surface area contributed by atoms with E-state index in [1.807, 2.05) is 65.7 Å². The van der Waals surface area contributed by atoms with E-state index in [0.29, 0.717) is 12.1 Å². The first-order valence-corrected chi connectivity index (χ1v) is 10.4. The lowest BCUT2D eigenvalue weighted by molar-refractivity contribution is 0.0601. The largest absolute Gasteiger partial charge is 0.325 e. The molecule has 0 N–H and O–H groups in total. The molecular formula is C24H26N2OS. The predicted molar refractivity (Wildman–Crippen MR) is 116 cm³/mol. The minimum absolute atomic E-state index is 0.0311. The molecule has 4 heteroatoms. The molecule has 2 aromatic carbocycles. The van der Waals surface area contributed by atoms with Gasteiger partial charge < -0.3 is 4.90 Å². The summed E-state index contributed by atoms with van der Waals surface area (Å²) < 4.78 is 0. The van der Waals surface area contributed by atoms with Crippen LogP contribution < -0.4 is 0 Å². The minimum Gasteiger partial charge on any atom is -0.325 e. The third kappa shape index (κ3) is 4.76. The second kappa shape index (κ2) is 9.47. The first-order valence-electron chi connectivity index (χ1n) is 9.55. The second-order valence-electron chi connectivity index (χ2n) is 7.13. The van der Waals surface area contributed by atoms with E-state index in [1.54, 1.807) is 11.3 Å². The Morgan fingerprint density at radius 1 is 1.11 bits per heavy atom. The number of amides is 1. The molecule has 1 aromatic heterocycles. The van der Waals surface area contributed by atoms with Gasteiger partial charge in [-0.3, -0.25) is 4.79 Å². The van der Waals surface area contributed by atoms with Crippen LogP contribution >= 0.6 is 11.3 Å². The number of aromatic nitrogens is 1. The van der Waals surface area contributed by atoms with Crippen molar-refractivity contribution < 1.29 is 4.79 Å². The Kier molecular flexibility index (Phi) is 6.77. The zero-order valence-corrected chi connectivity index (χ0v) is 17.2. The number of carbonyl (C=O) groups excluding carboxylic acids is 1. The van der Waals surface area contributed by atoms with Crippen molar-refractivity contribution in [1.82, 2.24) is 9.88 Å². The Morgan fingerprint density at radius 3 is 2.36 bits per heavy atom. The molecule has 1 heterocycles. The van der Waals surface area contributed by atoms with Crippen molar-refractivity contribution >= 4 is 17.2 Å². The van der Waals surface area contributed by atoms with Gasteiger partial charge in [-0.05, 0) is 23.6 Å². The predicted octanol–water partition coefficient (Wildman–Crippen LogP) is 5.91. The Bertz CT molecular complexity index is 903. The Hall–Kier alpha value is -2.72. The van der Waals surface area contributed by atoms with Crippen molar-refractivity contribution in [1.29, 1.82) is 0 Å². The molecule has 0 aliphatic rings. The van der Waals surface area contributed by atoms with Crippen LogP contribution in [0.2, 0.25) is 0 Å². The normalized spacial score (nSPS) is 12.0. The average Bonchev–Trinajstić information content (AvgIpc) is 3.16. The summed E-state index contributed by atoms with van der Waals surface area (Å²) >= 11 is 1.67. The van der Waals surface area contributed by atoms with Gasteiger partial charge >= 0.3 is 0 Å². The standard InChI is InChI=1S/C24H26N2OS/c1-4-11-21-16-25-23(28-21)22(18(2)3)26(17-19-12-7-5-8-13-19)24(27)20-14-9-6-10-15-20/h4-10,12-16,18,22H,1,11,17H2,2-3H3. The second-order valence-corrected chi connectivity index (χ2v) is 8.28.